The maximum Gasteiger partial charge on any atom is 0.310 e. The molecule has 0 aromatic heterocycles. The van der Waals surface area contributed by atoms with Gasteiger partial charge < -0.3 is 9.47 Å². The molecule has 4 nitrogen and oxygen atoms in total. The van der Waals surface area contributed by atoms with Crippen molar-refractivity contribution in [2.75, 3.05) is 6.61 Å². The molecule has 0 amide bonds. The Hall–Kier alpha value is -1.84. The molecule has 1 fully saturated rings. The van der Waals surface area contributed by atoms with Crippen molar-refractivity contribution in [1.29, 1.82) is 0 Å². The second-order valence-corrected chi connectivity index (χ2v) is 6.51. The molecule has 132 valence electrons. The van der Waals surface area contributed by atoms with Crippen LogP contribution in [0.3, 0.4) is 0 Å². The van der Waals surface area contributed by atoms with Gasteiger partial charge in [0.2, 0.25) is 0 Å². The lowest BCUT2D eigenvalue weighted by molar-refractivity contribution is -0.166. The topological polar surface area (TPSA) is 52.6 Å². The molecule has 1 aliphatic carbocycles. The molecule has 3 unspecified atom stereocenters. The zero-order valence-electron chi connectivity index (χ0n) is 14.7. The monoisotopic (exact) mass is 332 g/mol. The number of rotatable bonds is 7. The maximum atomic E-state index is 12.6. The number of esters is 2. The van der Waals surface area contributed by atoms with Crippen LogP contribution in [0.5, 0.6) is 0 Å². The summed E-state index contributed by atoms with van der Waals surface area (Å²) in [6.07, 6.45) is 4.87. The van der Waals surface area contributed by atoms with Gasteiger partial charge in [-0.3, -0.25) is 9.59 Å². The Morgan fingerprint density at radius 2 is 1.71 bits per heavy atom. The maximum absolute atomic E-state index is 12.6. The first kappa shape index (κ1) is 18.5. The second kappa shape index (κ2) is 9.45. The van der Waals surface area contributed by atoms with Crippen LogP contribution >= 0.6 is 0 Å². The van der Waals surface area contributed by atoms with Crippen LogP contribution < -0.4 is 0 Å². The minimum Gasteiger partial charge on any atom is -0.465 e. The molecule has 4 heteroatoms. The molecule has 3 atom stereocenters. The molecule has 0 saturated heterocycles. The van der Waals surface area contributed by atoms with E-state index in [0.717, 1.165) is 31.2 Å². The van der Waals surface area contributed by atoms with Crippen molar-refractivity contribution < 1.29 is 19.1 Å². The van der Waals surface area contributed by atoms with Crippen LogP contribution in [0.1, 0.15) is 64.0 Å². The van der Waals surface area contributed by atoms with E-state index in [4.69, 9.17) is 9.47 Å². The number of carbonyl (C=O) groups excluding carboxylic acids is 2. The van der Waals surface area contributed by atoms with Crippen molar-refractivity contribution in [2.45, 2.75) is 58.5 Å². The van der Waals surface area contributed by atoms with Crippen LogP contribution in [-0.4, -0.2) is 18.5 Å². The molecule has 1 aromatic rings. The van der Waals surface area contributed by atoms with E-state index in [-0.39, 0.29) is 29.9 Å². The average molecular weight is 332 g/mol. The highest BCUT2D eigenvalue weighted by atomic mass is 16.5. The van der Waals surface area contributed by atoms with Gasteiger partial charge in [-0.15, -0.1) is 0 Å². The second-order valence-electron chi connectivity index (χ2n) is 6.51. The molecule has 0 aliphatic heterocycles. The van der Waals surface area contributed by atoms with Crippen LogP contribution in [0.15, 0.2) is 30.3 Å². The fraction of sp³-hybridized carbons (Fsp3) is 0.600. The fourth-order valence-corrected chi connectivity index (χ4v) is 3.17. The summed E-state index contributed by atoms with van der Waals surface area (Å²) in [5, 5.41) is 0. The largest absolute Gasteiger partial charge is 0.465 e. The van der Waals surface area contributed by atoms with E-state index in [9.17, 15) is 9.59 Å². The highest BCUT2D eigenvalue weighted by molar-refractivity contribution is 5.82. The number of ether oxygens (including phenoxy) is 2. The van der Waals surface area contributed by atoms with Crippen LogP contribution in [0.25, 0.3) is 0 Å². The Bertz CT molecular complexity index is 526. The summed E-state index contributed by atoms with van der Waals surface area (Å²) in [6, 6.07) is 9.66. The van der Waals surface area contributed by atoms with Gasteiger partial charge in [0.05, 0.1) is 18.4 Å². The molecule has 0 heterocycles. The molecular formula is C20H28O4. The highest BCUT2D eigenvalue weighted by Gasteiger charge is 2.38. The van der Waals surface area contributed by atoms with Crippen molar-refractivity contribution in [3.8, 4) is 0 Å². The lowest BCUT2D eigenvalue weighted by Gasteiger charge is -2.29. The summed E-state index contributed by atoms with van der Waals surface area (Å²) in [5.41, 5.74) is 0.962. The standard InChI is InChI=1S/C20H28O4/c1-3-4-14-23-19(21)17-12-8-9-13-18(17)20(22)24-15(2)16-10-6-5-7-11-16/h5-7,10-11,15,17-18H,3-4,8-9,12-14H2,1-2H3. The Morgan fingerprint density at radius 3 is 2.33 bits per heavy atom. The summed E-state index contributed by atoms with van der Waals surface area (Å²) in [5.74, 6) is -1.24. The minimum atomic E-state index is -0.376. The molecule has 2 rings (SSSR count). The summed E-state index contributed by atoms with van der Waals surface area (Å²) >= 11 is 0. The number of unbranched alkanes of at least 4 members (excludes halogenated alkanes) is 1. The lowest BCUT2D eigenvalue weighted by Crippen LogP contribution is -2.35. The van der Waals surface area contributed by atoms with Gasteiger partial charge in [0.1, 0.15) is 6.10 Å². The SMILES string of the molecule is CCCCOC(=O)C1CCCCC1C(=O)OC(C)c1ccccc1. The molecule has 1 aliphatic rings. The predicted octanol–water partition coefficient (Wildman–Crippen LogP) is 4.44. The Morgan fingerprint density at radius 1 is 1.08 bits per heavy atom. The van der Waals surface area contributed by atoms with Crippen molar-refractivity contribution in [3.63, 3.8) is 0 Å². The normalized spacial score (nSPS) is 21.8. The first-order valence-electron chi connectivity index (χ1n) is 9.05. The van der Waals surface area contributed by atoms with Crippen molar-refractivity contribution in [1.82, 2.24) is 0 Å². The van der Waals surface area contributed by atoms with Crippen molar-refractivity contribution in [2.24, 2.45) is 11.8 Å². The molecule has 0 radical (unpaired) electrons. The molecule has 1 aromatic carbocycles. The van der Waals surface area contributed by atoms with Crippen LogP contribution in [0.4, 0.5) is 0 Å². The highest BCUT2D eigenvalue weighted by Crippen LogP contribution is 2.33. The summed E-state index contributed by atoms with van der Waals surface area (Å²) in [4.78, 5) is 24.9. The van der Waals surface area contributed by atoms with Gasteiger partial charge in [-0.1, -0.05) is 56.5 Å². The minimum absolute atomic E-state index is 0.238. The van der Waals surface area contributed by atoms with Gasteiger partial charge in [0, 0.05) is 0 Å². The van der Waals surface area contributed by atoms with Crippen LogP contribution in [0.2, 0.25) is 0 Å². The van der Waals surface area contributed by atoms with E-state index in [0.29, 0.717) is 19.4 Å². The first-order chi connectivity index (χ1) is 11.6. The van der Waals surface area contributed by atoms with E-state index in [2.05, 4.69) is 6.92 Å². The molecular weight excluding hydrogens is 304 g/mol. The molecule has 0 N–H and O–H groups in total. The summed E-state index contributed by atoms with van der Waals surface area (Å²) < 4.78 is 11.0. The van der Waals surface area contributed by atoms with Crippen molar-refractivity contribution in [3.05, 3.63) is 35.9 Å². The van der Waals surface area contributed by atoms with Gasteiger partial charge in [-0.05, 0) is 31.7 Å². The smallest absolute Gasteiger partial charge is 0.310 e. The third kappa shape index (κ3) is 5.08. The van der Waals surface area contributed by atoms with Gasteiger partial charge in [0.25, 0.3) is 0 Å². The van der Waals surface area contributed by atoms with E-state index in [1.165, 1.54) is 0 Å². The molecule has 24 heavy (non-hydrogen) atoms. The predicted molar refractivity (Wildman–Crippen MR) is 92.3 cm³/mol. The molecule has 1 saturated carbocycles. The zero-order chi connectivity index (χ0) is 17.4. The fourth-order valence-electron chi connectivity index (χ4n) is 3.17. The first-order valence-corrected chi connectivity index (χ1v) is 9.05. The number of hydrogen-bond acceptors (Lipinski definition) is 4. The van der Waals surface area contributed by atoms with E-state index in [1.807, 2.05) is 37.3 Å². The number of carbonyl (C=O) groups is 2. The number of benzene rings is 1. The van der Waals surface area contributed by atoms with Gasteiger partial charge in [-0.2, -0.15) is 0 Å². The van der Waals surface area contributed by atoms with Crippen LogP contribution in [0, 0.1) is 11.8 Å². The molecule has 0 bridgehead atoms. The zero-order valence-corrected chi connectivity index (χ0v) is 14.7. The Kier molecular flexibility index (Phi) is 7.29. The summed E-state index contributed by atoms with van der Waals surface area (Å²) in [7, 11) is 0. The van der Waals surface area contributed by atoms with Crippen LogP contribution in [-0.2, 0) is 19.1 Å². The Balaban J connectivity index is 1.96. The van der Waals surface area contributed by atoms with E-state index >= 15 is 0 Å². The van der Waals surface area contributed by atoms with Crippen molar-refractivity contribution >= 4 is 11.9 Å². The lowest BCUT2D eigenvalue weighted by atomic mass is 9.79. The van der Waals surface area contributed by atoms with Gasteiger partial charge >= 0.3 is 11.9 Å². The van der Waals surface area contributed by atoms with E-state index < -0.39 is 0 Å². The van der Waals surface area contributed by atoms with E-state index in [1.54, 1.807) is 0 Å². The number of hydrogen-bond donors (Lipinski definition) is 0. The third-order valence-electron chi connectivity index (χ3n) is 4.68. The Labute approximate surface area is 144 Å². The quantitative estimate of drug-likeness (QED) is 0.547. The third-order valence-corrected chi connectivity index (χ3v) is 4.68. The van der Waals surface area contributed by atoms with Gasteiger partial charge in [-0.25, -0.2) is 0 Å². The molecule has 0 spiro atoms. The summed E-state index contributed by atoms with van der Waals surface area (Å²) in [6.45, 7) is 4.36. The van der Waals surface area contributed by atoms with Gasteiger partial charge in [0.15, 0.2) is 0 Å². The average Bonchev–Trinajstić information content (AvgIpc) is 2.62.